The van der Waals surface area contributed by atoms with Crippen LogP contribution in [0.5, 0.6) is 0 Å². The van der Waals surface area contributed by atoms with Crippen molar-refractivity contribution in [3.05, 3.63) is 44.8 Å². The summed E-state index contributed by atoms with van der Waals surface area (Å²) in [6, 6.07) is 6.52. The molecule has 72 valence electrons. The number of rotatable bonds is 2. The molecule has 0 aromatic carbocycles. The van der Waals surface area contributed by atoms with Gasteiger partial charge in [-0.3, -0.25) is 0 Å². The molecule has 0 aliphatic rings. The molecule has 0 aliphatic heterocycles. The molecule has 2 aromatic rings. The van der Waals surface area contributed by atoms with E-state index in [-0.39, 0.29) is 0 Å². The van der Waals surface area contributed by atoms with Crippen molar-refractivity contribution in [1.29, 1.82) is 0 Å². The predicted molar refractivity (Wildman–Crippen MR) is 57.7 cm³/mol. The maximum atomic E-state index is 13.4. The topological polar surface area (TPSA) is 0 Å². The highest BCUT2D eigenvalue weighted by atomic mass is 32.1. The van der Waals surface area contributed by atoms with Gasteiger partial charge >= 0.3 is 0 Å². The molecule has 0 amide bonds. The molecule has 0 spiro atoms. The Morgan fingerprint density at radius 3 is 1.57 bits per heavy atom. The third-order valence-corrected chi connectivity index (χ3v) is 3.39. The second-order valence-corrected chi connectivity index (χ2v) is 4.48. The summed E-state index contributed by atoms with van der Waals surface area (Å²) in [5.74, 6) is -1.55. The lowest BCUT2D eigenvalue weighted by Crippen LogP contribution is -1.75. The second kappa shape index (κ2) is 4.02. The minimum absolute atomic E-state index is 0.330. The fourth-order valence-corrected chi connectivity index (χ4v) is 2.33. The molecule has 0 unspecified atom stereocenters. The van der Waals surface area contributed by atoms with Crippen molar-refractivity contribution in [2.45, 2.75) is 0 Å². The highest BCUT2D eigenvalue weighted by Crippen LogP contribution is 2.32. The first-order valence-electron chi connectivity index (χ1n) is 3.92. The summed E-state index contributed by atoms with van der Waals surface area (Å²) in [5.41, 5.74) is 0. The quantitative estimate of drug-likeness (QED) is 0.706. The van der Waals surface area contributed by atoms with Crippen molar-refractivity contribution in [2.75, 3.05) is 0 Å². The molecule has 2 rings (SSSR count). The van der Waals surface area contributed by atoms with Crippen molar-refractivity contribution in [2.24, 2.45) is 0 Å². The lowest BCUT2D eigenvalue weighted by molar-refractivity contribution is 0.705. The lowest BCUT2D eigenvalue weighted by atomic mass is 10.3. The first-order chi connectivity index (χ1) is 6.79. The van der Waals surface area contributed by atoms with Gasteiger partial charge in [-0.1, -0.05) is 12.1 Å². The molecular weight excluding hydrogens is 222 g/mol. The van der Waals surface area contributed by atoms with Crippen LogP contribution >= 0.6 is 22.7 Å². The van der Waals surface area contributed by atoms with E-state index in [9.17, 15) is 8.78 Å². The molecule has 2 aromatic heterocycles. The van der Waals surface area contributed by atoms with Crippen LogP contribution in [0.15, 0.2) is 35.0 Å². The first kappa shape index (κ1) is 9.55. The van der Waals surface area contributed by atoms with Gasteiger partial charge in [0.05, 0.1) is 9.75 Å². The van der Waals surface area contributed by atoms with Crippen LogP contribution in [0.25, 0.3) is 11.7 Å². The number of hydrogen-bond donors (Lipinski definition) is 0. The van der Waals surface area contributed by atoms with Gasteiger partial charge in [0.1, 0.15) is 0 Å². The Bertz CT molecular complexity index is 384. The lowest BCUT2D eigenvalue weighted by Gasteiger charge is -1.95. The van der Waals surface area contributed by atoms with Gasteiger partial charge in [0.15, 0.2) is 11.7 Å². The summed E-state index contributed by atoms with van der Waals surface area (Å²) in [7, 11) is 0. The van der Waals surface area contributed by atoms with E-state index in [1.807, 2.05) is 0 Å². The van der Waals surface area contributed by atoms with Gasteiger partial charge in [-0.2, -0.15) is 0 Å². The summed E-state index contributed by atoms with van der Waals surface area (Å²) in [5, 5.41) is 3.44. The Labute approximate surface area is 88.1 Å². The minimum atomic E-state index is -0.776. The molecular formula is C10H6F2S2. The molecule has 14 heavy (non-hydrogen) atoms. The molecule has 0 bridgehead atoms. The van der Waals surface area contributed by atoms with E-state index >= 15 is 0 Å². The van der Waals surface area contributed by atoms with E-state index in [0.717, 1.165) is 0 Å². The zero-order chi connectivity index (χ0) is 9.97. The maximum absolute atomic E-state index is 13.4. The van der Waals surface area contributed by atoms with Crippen LogP contribution < -0.4 is 0 Å². The van der Waals surface area contributed by atoms with Gasteiger partial charge < -0.3 is 0 Å². The molecule has 0 saturated heterocycles. The Morgan fingerprint density at radius 1 is 0.857 bits per heavy atom. The fourth-order valence-electron chi connectivity index (χ4n) is 1.02. The number of hydrogen-bond acceptors (Lipinski definition) is 2. The van der Waals surface area contributed by atoms with Crippen LogP contribution in [-0.4, -0.2) is 0 Å². The number of halogens is 2. The van der Waals surface area contributed by atoms with Crippen LogP contribution in [0.3, 0.4) is 0 Å². The summed E-state index contributed by atoms with van der Waals surface area (Å²) in [6.45, 7) is 0. The fraction of sp³-hybridized carbons (Fsp3) is 0. The smallest absolute Gasteiger partial charge is 0.177 e. The largest absolute Gasteiger partial charge is 0.202 e. The Morgan fingerprint density at radius 2 is 1.29 bits per heavy atom. The molecule has 0 radical (unpaired) electrons. The van der Waals surface area contributed by atoms with E-state index in [0.29, 0.717) is 9.75 Å². The molecule has 0 N–H and O–H groups in total. The third kappa shape index (κ3) is 1.76. The standard InChI is InChI=1S/C10H6F2S2/c11-9(7-3-1-5-13-7)10(12)8-4-2-6-14-8/h1-6H/b10-9+. The normalized spacial score (nSPS) is 12.7. The minimum Gasteiger partial charge on any atom is -0.202 e. The van der Waals surface area contributed by atoms with Crippen molar-refractivity contribution >= 4 is 34.3 Å². The zero-order valence-electron chi connectivity index (χ0n) is 7.04. The van der Waals surface area contributed by atoms with Gasteiger partial charge in [-0.15, -0.1) is 22.7 Å². The van der Waals surface area contributed by atoms with Crippen molar-refractivity contribution in [3.8, 4) is 0 Å². The van der Waals surface area contributed by atoms with Crippen LogP contribution in [0, 0.1) is 0 Å². The van der Waals surface area contributed by atoms with Gasteiger partial charge in [0.2, 0.25) is 0 Å². The predicted octanol–water partition coefficient (Wildman–Crippen LogP) is 4.57. The van der Waals surface area contributed by atoms with Gasteiger partial charge in [0.25, 0.3) is 0 Å². The van der Waals surface area contributed by atoms with Crippen molar-refractivity contribution < 1.29 is 8.78 Å². The Balaban J connectivity index is 2.41. The van der Waals surface area contributed by atoms with Gasteiger partial charge in [-0.25, -0.2) is 8.78 Å². The maximum Gasteiger partial charge on any atom is 0.177 e. The van der Waals surface area contributed by atoms with E-state index in [4.69, 9.17) is 0 Å². The first-order valence-corrected chi connectivity index (χ1v) is 5.68. The molecule has 0 atom stereocenters. The summed E-state index contributed by atoms with van der Waals surface area (Å²) in [6.07, 6.45) is 0. The van der Waals surface area contributed by atoms with Gasteiger partial charge in [0, 0.05) is 0 Å². The molecule has 0 nitrogen and oxygen atoms in total. The van der Waals surface area contributed by atoms with Crippen LogP contribution in [-0.2, 0) is 0 Å². The monoisotopic (exact) mass is 228 g/mol. The average molecular weight is 228 g/mol. The summed E-state index contributed by atoms with van der Waals surface area (Å²) in [4.78, 5) is 0.659. The molecule has 0 saturated carbocycles. The SMILES string of the molecule is F/C(=C(/F)c1cccs1)c1cccs1. The molecule has 4 heteroatoms. The van der Waals surface area contributed by atoms with E-state index in [1.165, 1.54) is 22.7 Å². The van der Waals surface area contributed by atoms with Crippen LogP contribution in [0.2, 0.25) is 0 Å². The Kier molecular flexibility index (Phi) is 2.74. The highest BCUT2D eigenvalue weighted by molar-refractivity contribution is 7.12. The summed E-state index contributed by atoms with van der Waals surface area (Å²) >= 11 is 2.38. The second-order valence-electron chi connectivity index (χ2n) is 2.58. The molecule has 0 aliphatic carbocycles. The molecule has 0 fully saturated rings. The van der Waals surface area contributed by atoms with Crippen molar-refractivity contribution in [1.82, 2.24) is 0 Å². The van der Waals surface area contributed by atoms with Crippen LogP contribution in [0.4, 0.5) is 8.78 Å². The van der Waals surface area contributed by atoms with Crippen molar-refractivity contribution in [3.63, 3.8) is 0 Å². The van der Waals surface area contributed by atoms with E-state index in [1.54, 1.807) is 35.0 Å². The van der Waals surface area contributed by atoms with Gasteiger partial charge in [-0.05, 0) is 22.9 Å². The van der Waals surface area contributed by atoms with Crippen LogP contribution in [0.1, 0.15) is 9.75 Å². The Hall–Kier alpha value is -1.00. The third-order valence-electron chi connectivity index (χ3n) is 1.67. The van der Waals surface area contributed by atoms with E-state index in [2.05, 4.69) is 0 Å². The zero-order valence-corrected chi connectivity index (χ0v) is 8.67. The van der Waals surface area contributed by atoms with E-state index < -0.39 is 11.7 Å². The average Bonchev–Trinajstić information content (AvgIpc) is 2.87. The molecule has 2 heterocycles. The number of thiophene rings is 2. The highest BCUT2D eigenvalue weighted by Gasteiger charge is 2.12. The summed E-state index contributed by atoms with van der Waals surface area (Å²) < 4.78 is 26.9.